The van der Waals surface area contributed by atoms with E-state index in [2.05, 4.69) is 18.3 Å². The Hall–Kier alpha value is -0.580. The summed E-state index contributed by atoms with van der Waals surface area (Å²) in [6.07, 6.45) is 0. The molecule has 16 heavy (non-hydrogen) atoms. The van der Waals surface area contributed by atoms with Crippen molar-refractivity contribution < 1.29 is 4.79 Å². The van der Waals surface area contributed by atoms with E-state index in [9.17, 15) is 4.79 Å². The van der Waals surface area contributed by atoms with Gasteiger partial charge in [0.2, 0.25) is 5.91 Å². The lowest BCUT2D eigenvalue weighted by molar-refractivity contribution is -0.123. The molecule has 1 amide bonds. The van der Waals surface area contributed by atoms with E-state index in [0.29, 0.717) is 6.54 Å². The van der Waals surface area contributed by atoms with Crippen LogP contribution in [0.2, 0.25) is 0 Å². The minimum atomic E-state index is -0.411. The van der Waals surface area contributed by atoms with Gasteiger partial charge in [-0.3, -0.25) is 4.79 Å². The van der Waals surface area contributed by atoms with Gasteiger partial charge in [-0.2, -0.15) is 0 Å². The number of hydrogen-bond donors (Lipinski definition) is 2. The average molecular weight is 263 g/mol. The molecule has 1 aromatic rings. The van der Waals surface area contributed by atoms with E-state index in [4.69, 9.17) is 5.73 Å². The van der Waals surface area contributed by atoms with Gasteiger partial charge < -0.3 is 11.1 Å². The molecule has 0 bridgehead atoms. The number of halogens is 1. The number of rotatable bonds is 4. The highest BCUT2D eigenvalue weighted by Gasteiger charge is 2.16. The van der Waals surface area contributed by atoms with Gasteiger partial charge in [0.1, 0.15) is 0 Å². The van der Waals surface area contributed by atoms with Gasteiger partial charge in [0.05, 0.1) is 12.6 Å². The number of carbonyl (C=O) groups excluding carboxylic acids is 1. The quantitative estimate of drug-likeness (QED) is 0.873. The molecule has 0 aliphatic carbocycles. The van der Waals surface area contributed by atoms with Gasteiger partial charge in [0.25, 0.3) is 0 Å². The van der Waals surface area contributed by atoms with Gasteiger partial charge in [0, 0.05) is 9.75 Å². The van der Waals surface area contributed by atoms with Crippen LogP contribution < -0.4 is 11.1 Å². The van der Waals surface area contributed by atoms with Crippen LogP contribution in [-0.2, 0) is 11.3 Å². The molecular weight excluding hydrogens is 244 g/mol. The van der Waals surface area contributed by atoms with Crippen molar-refractivity contribution in [1.29, 1.82) is 0 Å². The van der Waals surface area contributed by atoms with Gasteiger partial charge in [-0.05, 0) is 25.0 Å². The van der Waals surface area contributed by atoms with E-state index >= 15 is 0 Å². The topological polar surface area (TPSA) is 55.1 Å². The van der Waals surface area contributed by atoms with Crippen LogP contribution in [0.5, 0.6) is 0 Å². The van der Waals surface area contributed by atoms with Crippen molar-refractivity contribution in [2.75, 3.05) is 0 Å². The van der Waals surface area contributed by atoms with Crippen LogP contribution in [0.1, 0.15) is 23.6 Å². The van der Waals surface area contributed by atoms with Crippen molar-refractivity contribution in [3.05, 3.63) is 21.9 Å². The predicted octanol–water partition coefficient (Wildman–Crippen LogP) is 2.08. The number of thiophene rings is 1. The van der Waals surface area contributed by atoms with E-state index in [1.165, 1.54) is 4.88 Å². The first kappa shape index (κ1) is 15.4. The highest BCUT2D eigenvalue weighted by atomic mass is 35.5. The van der Waals surface area contributed by atoms with E-state index in [1.807, 2.05) is 19.9 Å². The number of carbonyl (C=O) groups is 1. The zero-order valence-electron chi connectivity index (χ0n) is 9.82. The van der Waals surface area contributed by atoms with Crippen LogP contribution in [-0.4, -0.2) is 11.9 Å². The first-order valence-electron chi connectivity index (χ1n) is 5.09. The smallest absolute Gasteiger partial charge is 0.237 e. The fourth-order valence-electron chi connectivity index (χ4n) is 1.17. The lowest BCUT2D eigenvalue weighted by Crippen LogP contribution is -2.43. The largest absolute Gasteiger partial charge is 0.350 e. The molecule has 0 spiro atoms. The summed E-state index contributed by atoms with van der Waals surface area (Å²) in [6, 6.07) is 3.67. The Morgan fingerprint density at radius 1 is 1.50 bits per heavy atom. The number of nitrogens with two attached hydrogens (primary N) is 1. The normalized spacial score (nSPS) is 12.1. The molecule has 0 aliphatic heterocycles. The third-order valence-electron chi connectivity index (χ3n) is 2.25. The molecule has 1 heterocycles. The number of hydrogen-bond acceptors (Lipinski definition) is 3. The van der Waals surface area contributed by atoms with Crippen LogP contribution in [0, 0.1) is 12.8 Å². The van der Waals surface area contributed by atoms with Gasteiger partial charge in [-0.25, -0.2) is 0 Å². The predicted molar refractivity (Wildman–Crippen MR) is 71.0 cm³/mol. The van der Waals surface area contributed by atoms with Crippen LogP contribution in [0.4, 0.5) is 0 Å². The standard InChI is InChI=1S/C11H18N2OS.ClH/c1-7(2)10(12)11(14)13-6-9-5-4-8(3)15-9;/h4-5,7,10H,6,12H2,1-3H3,(H,13,14);1H/t10-;/m1./s1. The summed E-state index contributed by atoms with van der Waals surface area (Å²) in [5.74, 6) is 0.103. The number of amides is 1. The molecule has 5 heteroatoms. The summed E-state index contributed by atoms with van der Waals surface area (Å²) in [7, 11) is 0. The Kier molecular flexibility index (Phi) is 6.64. The van der Waals surface area contributed by atoms with Gasteiger partial charge in [0.15, 0.2) is 0 Å². The number of aryl methyl sites for hydroxylation is 1. The maximum absolute atomic E-state index is 11.5. The molecule has 1 aromatic heterocycles. The Labute approximate surface area is 107 Å². The first-order valence-corrected chi connectivity index (χ1v) is 5.91. The van der Waals surface area contributed by atoms with Crippen molar-refractivity contribution in [3.8, 4) is 0 Å². The summed E-state index contributed by atoms with van der Waals surface area (Å²) in [5.41, 5.74) is 5.72. The Morgan fingerprint density at radius 3 is 2.56 bits per heavy atom. The summed E-state index contributed by atoms with van der Waals surface area (Å²) in [6.45, 7) is 6.52. The zero-order valence-corrected chi connectivity index (χ0v) is 11.5. The highest BCUT2D eigenvalue weighted by Crippen LogP contribution is 2.14. The van der Waals surface area contributed by atoms with E-state index < -0.39 is 6.04 Å². The average Bonchev–Trinajstić information content (AvgIpc) is 2.59. The van der Waals surface area contributed by atoms with Crippen LogP contribution in [0.25, 0.3) is 0 Å². The number of nitrogens with one attached hydrogen (secondary N) is 1. The van der Waals surface area contributed by atoms with Crippen molar-refractivity contribution in [2.24, 2.45) is 11.7 Å². The summed E-state index contributed by atoms with van der Waals surface area (Å²) >= 11 is 1.69. The van der Waals surface area contributed by atoms with Crippen molar-refractivity contribution >= 4 is 29.7 Å². The van der Waals surface area contributed by atoms with E-state index in [0.717, 1.165) is 4.88 Å². The Bertz CT molecular complexity index is 338. The van der Waals surface area contributed by atoms with Crippen LogP contribution in [0.3, 0.4) is 0 Å². The fourth-order valence-corrected chi connectivity index (χ4v) is 2.01. The molecule has 1 rings (SSSR count). The second-order valence-electron chi connectivity index (χ2n) is 4.00. The SMILES string of the molecule is Cc1ccc(CNC(=O)[C@H](N)C(C)C)s1.Cl. The van der Waals surface area contributed by atoms with Crippen LogP contribution >= 0.6 is 23.7 Å². The molecule has 3 nitrogen and oxygen atoms in total. The minimum Gasteiger partial charge on any atom is -0.350 e. The molecular formula is C11H19ClN2OS. The van der Waals surface area contributed by atoms with Crippen LogP contribution in [0.15, 0.2) is 12.1 Å². The summed E-state index contributed by atoms with van der Waals surface area (Å²) in [5, 5.41) is 2.84. The van der Waals surface area contributed by atoms with Gasteiger partial charge >= 0.3 is 0 Å². The molecule has 0 unspecified atom stereocenters. The summed E-state index contributed by atoms with van der Waals surface area (Å²) < 4.78 is 0. The Morgan fingerprint density at radius 2 is 2.12 bits per heavy atom. The third kappa shape index (κ3) is 4.51. The third-order valence-corrected chi connectivity index (χ3v) is 3.25. The minimum absolute atomic E-state index is 0. The molecule has 0 radical (unpaired) electrons. The molecule has 0 saturated carbocycles. The Balaban J connectivity index is 0.00000225. The molecule has 0 aromatic carbocycles. The molecule has 0 fully saturated rings. The summed E-state index contributed by atoms with van der Waals surface area (Å²) in [4.78, 5) is 14.0. The fraction of sp³-hybridized carbons (Fsp3) is 0.545. The lowest BCUT2D eigenvalue weighted by atomic mass is 10.1. The monoisotopic (exact) mass is 262 g/mol. The maximum atomic E-state index is 11.5. The molecule has 1 atom stereocenters. The molecule has 0 saturated heterocycles. The van der Waals surface area contributed by atoms with Crippen molar-refractivity contribution in [3.63, 3.8) is 0 Å². The molecule has 0 aliphatic rings. The second-order valence-corrected chi connectivity index (χ2v) is 5.37. The van der Waals surface area contributed by atoms with Gasteiger partial charge in [-0.1, -0.05) is 13.8 Å². The van der Waals surface area contributed by atoms with E-state index in [-0.39, 0.29) is 24.2 Å². The zero-order chi connectivity index (χ0) is 11.4. The van der Waals surface area contributed by atoms with E-state index in [1.54, 1.807) is 11.3 Å². The van der Waals surface area contributed by atoms with Gasteiger partial charge in [-0.15, -0.1) is 23.7 Å². The van der Waals surface area contributed by atoms with Crippen molar-refractivity contribution in [2.45, 2.75) is 33.4 Å². The molecule has 3 N–H and O–H groups in total. The molecule has 92 valence electrons. The van der Waals surface area contributed by atoms with Crippen molar-refractivity contribution in [1.82, 2.24) is 5.32 Å². The first-order chi connectivity index (χ1) is 7.00. The highest BCUT2D eigenvalue weighted by molar-refractivity contribution is 7.11. The second kappa shape index (κ2) is 6.89. The maximum Gasteiger partial charge on any atom is 0.237 e. The lowest BCUT2D eigenvalue weighted by Gasteiger charge is -2.14.